The van der Waals surface area contributed by atoms with Gasteiger partial charge < -0.3 is 25.1 Å². The predicted molar refractivity (Wildman–Crippen MR) is 116 cm³/mol. The molecule has 1 aromatic carbocycles. The molecule has 0 unspecified atom stereocenters. The second-order valence-corrected chi connectivity index (χ2v) is 6.90. The molecular weight excluding hydrogens is 368 g/mol. The molecule has 0 saturated heterocycles. The molecule has 2 rings (SSSR count). The molecule has 0 atom stereocenters. The maximum absolute atomic E-state index is 11.8. The maximum Gasteiger partial charge on any atom is 0.221 e. The van der Waals surface area contributed by atoms with Crippen molar-refractivity contribution in [2.45, 2.75) is 46.1 Å². The van der Waals surface area contributed by atoms with Crippen LogP contribution in [0.5, 0.6) is 5.75 Å². The van der Waals surface area contributed by atoms with Crippen molar-refractivity contribution in [3.05, 3.63) is 48.4 Å². The molecule has 2 aromatic rings. The summed E-state index contributed by atoms with van der Waals surface area (Å²) < 4.78 is 11.0. The lowest BCUT2D eigenvalue weighted by Gasteiger charge is -2.14. The molecule has 0 aliphatic carbocycles. The van der Waals surface area contributed by atoms with Crippen LogP contribution in [0.3, 0.4) is 0 Å². The van der Waals surface area contributed by atoms with E-state index in [4.69, 9.17) is 9.15 Å². The third kappa shape index (κ3) is 9.19. The number of amides is 1. The van der Waals surface area contributed by atoms with Gasteiger partial charge in [-0.15, -0.1) is 0 Å². The smallest absolute Gasteiger partial charge is 0.221 e. The minimum atomic E-state index is 0.0319. The van der Waals surface area contributed by atoms with Crippen molar-refractivity contribution in [1.82, 2.24) is 10.6 Å². The molecule has 1 amide bonds. The van der Waals surface area contributed by atoms with Gasteiger partial charge >= 0.3 is 0 Å². The second-order valence-electron chi connectivity index (χ2n) is 6.90. The summed E-state index contributed by atoms with van der Waals surface area (Å²) in [5, 5.41) is 9.37. The van der Waals surface area contributed by atoms with Crippen LogP contribution in [0, 0.1) is 0 Å². The number of hydrogen-bond acceptors (Lipinski definition) is 4. The Morgan fingerprint density at radius 2 is 1.93 bits per heavy atom. The van der Waals surface area contributed by atoms with E-state index >= 15 is 0 Å². The van der Waals surface area contributed by atoms with Crippen LogP contribution < -0.4 is 20.7 Å². The van der Waals surface area contributed by atoms with E-state index in [0.717, 1.165) is 23.6 Å². The van der Waals surface area contributed by atoms with Gasteiger partial charge in [0.15, 0.2) is 5.96 Å². The molecule has 0 radical (unpaired) electrons. The van der Waals surface area contributed by atoms with Crippen molar-refractivity contribution >= 4 is 17.6 Å². The molecule has 0 bridgehead atoms. The van der Waals surface area contributed by atoms with Crippen LogP contribution in [0.25, 0.3) is 0 Å². The van der Waals surface area contributed by atoms with Gasteiger partial charge in [0, 0.05) is 38.2 Å². The van der Waals surface area contributed by atoms with Crippen molar-refractivity contribution in [3.8, 4) is 5.75 Å². The minimum Gasteiger partial charge on any atom is -0.491 e. The molecule has 7 heteroatoms. The number of rotatable bonds is 11. The largest absolute Gasteiger partial charge is 0.491 e. The van der Waals surface area contributed by atoms with E-state index in [9.17, 15) is 4.79 Å². The Kier molecular flexibility index (Phi) is 9.62. The summed E-state index contributed by atoms with van der Waals surface area (Å²) in [6.07, 6.45) is 3.81. The van der Waals surface area contributed by atoms with Crippen molar-refractivity contribution < 1.29 is 13.9 Å². The van der Waals surface area contributed by atoms with E-state index in [-0.39, 0.29) is 12.0 Å². The van der Waals surface area contributed by atoms with Crippen molar-refractivity contribution in [1.29, 1.82) is 0 Å². The van der Waals surface area contributed by atoms with Crippen LogP contribution in [0.15, 0.2) is 52.1 Å². The average molecular weight is 401 g/mol. The number of guanidine groups is 1. The van der Waals surface area contributed by atoms with Gasteiger partial charge in [0.25, 0.3) is 0 Å². The number of nitrogens with zero attached hydrogens (tertiary/aromatic N) is 1. The molecule has 1 aromatic heterocycles. The lowest BCUT2D eigenvalue weighted by atomic mass is 10.3. The van der Waals surface area contributed by atoms with Crippen molar-refractivity contribution in [3.63, 3.8) is 0 Å². The monoisotopic (exact) mass is 400 g/mol. The lowest BCUT2D eigenvalue weighted by Crippen LogP contribution is -2.35. The first-order chi connectivity index (χ1) is 14.1. The van der Waals surface area contributed by atoms with Gasteiger partial charge in [-0.25, -0.2) is 0 Å². The Bertz CT molecular complexity index is 740. The van der Waals surface area contributed by atoms with Gasteiger partial charge in [-0.05, 0) is 56.7 Å². The molecule has 0 fully saturated rings. The van der Waals surface area contributed by atoms with E-state index in [2.05, 4.69) is 20.9 Å². The van der Waals surface area contributed by atoms with E-state index < -0.39 is 0 Å². The number of carbonyl (C=O) groups excluding carboxylic acids is 1. The van der Waals surface area contributed by atoms with E-state index in [1.165, 1.54) is 0 Å². The molecule has 0 aliphatic rings. The number of nitrogens with one attached hydrogen (secondary N) is 3. The summed E-state index contributed by atoms with van der Waals surface area (Å²) in [5.41, 5.74) is 0.890. The number of hydrogen-bond donors (Lipinski definition) is 3. The van der Waals surface area contributed by atoms with Crippen molar-refractivity contribution in [2.24, 2.45) is 4.99 Å². The molecule has 3 N–H and O–H groups in total. The summed E-state index contributed by atoms with van der Waals surface area (Å²) in [4.78, 5) is 16.4. The summed E-state index contributed by atoms with van der Waals surface area (Å²) in [7, 11) is 0. The molecule has 1 heterocycles. The number of furan rings is 1. The highest BCUT2D eigenvalue weighted by Gasteiger charge is 2.05. The van der Waals surface area contributed by atoms with Gasteiger partial charge in [-0.1, -0.05) is 6.92 Å². The average Bonchev–Trinajstić information content (AvgIpc) is 3.21. The van der Waals surface area contributed by atoms with Crippen LogP contribution >= 0.6 is 0 Å². The second kappa shape index (κ2) is 12.5. The van der Waals surface area contributed by atoms with Gasteiger partial charge in [0.1, 0.15) is 11.5 Å². The maximum atomic E-state index is 11.8. The van der Waals surface area contributed by atoms with Gasteiger partial charge in [-0.3, -0.25) is 9.79 Å². The zero-order valence-corrected chi connectivity index (χ0v) is 17.5. The SMILES string of the molecule is CCCNC(=O)CCNC(=NCCc1ccco1)Nc1ccc(OC(C)C)cc1. The first-order valence-corrected chi connectivity index (χ1v) is 10.2. The zero-order valence-electron chi connectivity index (χ0n) is 17.5. The highest BCUT2D eigenvalue weighted by molar-refractivity contribution is 5.93. The molecule has 29 heavy (non-hydrogen) atoms. The molecule has 0 spiro atoms. The van der Waals surface area contributed by atoms with Gasteiger partial charge in [0.05, 0.1) is 12.4 Å². The summed E-state index contributed by atoms with van der Waals surface area (Å²) in [6.45, 7) is 7.79. The molecule has 0 saturated carbocycles. The Balaban J connectivity index is 1.92. The van der Waals surface area contributed by atoms with Crippen molar-refractivity contribution in [2.75, 3.05) is 25.0 Å². The zero-order chi connectivity index (χ0) is 20.9. The Morgan fingerprint density at radius 1 is 1.14 bits per heavy atom. The quantitative estimate of drug-likeness (QED) is 0.396. The third-order valence-corrected chi connectivity index (χ3v) is 3.91. The number of carbonyl (C=O) groups is 1. The summed E-state index contributed by atoms with van der Waals surface area (Å²) in [5.74, 6) is 2.37. The number of benzene rings is 1. The number of ether oxygens (including phenoxy) is 1. The third-order valence-electron chi connectivity index (χ3n) is 3.91. The van der Waals surface area contributed by atoms with E-state index in [1.54, 1.807) is 6.26 Å². The number of anilines is 1. The minimum absolute atomic E-state index is 0.0319. The number of aliphatic imine (C=N–C) groups is 1. The molecule has 0 aliphatic heterocycles. The lowest BCUT2D eigenvalue weighted by molar-refractivity contribution is -0.120. The Hall–Kier alpha value is -2.96. The fraction of sp³-hybridized carbons (Fsp3) is 0.455. The molecule has 158 valence electrons. The fourth-order valence-corrected chi connectivity index (χ4v) is 2.55. The Morgan fingerprint density at radius 3 is 2.59 bits per heavy atom. The predicted octanol–water partition coefficient (Wildman–Crippen LogP) is 3.58. The first-order valence-electron chi connectivity index (χ1n) is 10.2. The molecule has 7 nitrogen and oxygen atoms in total. The van der Waals surface area contributed by atoms with Crippen LogP contribution in [-0.4, -0.2) is 37.6 Å². The highest BCUT2D eigenvalue weighted by atomic mass is 16.5. The van der Waals surface area contributed by atoms with Crippen LogP contribution in [0.2, 0.25) is 0 Å². The van der Waals surface area contributed by atoms with E-state index in [0.29, 0.717) is 38.4 Å². The van der Waals surface area contributed by atoms with Crippen LogP contribution in [0.1, 0.15) is 39.4 Å². The van der Waals surface area contributed by atoms with E-state index in [1.807, 2.05) is 57.2 Å². The van der Waals surface area contributed by atoms with Gasteiger partial charge in [-0.2, -0.15) is 0 Å². The van der Waals surface area contributed by atoms with Crippen LogP contribution in [0.4, 0.5) is 5.69 Å². The summed E-state index contributed by atoms with van der Waals surface area (Å²) in [6, 6.07) is 11.5. The topological polar surface area (TPSA) is 87.9 Å². The molecular formula is C22H32N4O3. The van der Waals surface area contributed by atoms with Gasteiger partial charge in [0.2, 0.25) is 5.91 Å². The highest BCUT2D eigenvalue weighted by Crippen LogP contribution is 2.16. The summed E-state index contributed by atoms with van der Waals surface area (Å²) >= 11 is 0. The normalized spacial score (nSPS) is 11.4. The Labute approximate surface area is 172 Å². The standard InChI is InChI=1S/C22H32N4O3/c1-4-13-23-21(27)12-15-25-22(24-14-11-19-6-5-16-28-19)26-18-7-9-20(10-8-18)29-17(2)3/h5-10,16-17H,4,11-15H2,1-3H3,(H,23,27)(H2,24,25,26). The fourth-order valence-electron chi connectivity index (χ4n) is 2.55. The first kappa shape index (κ1) is 22.3. The van der Waals surface area contributed by atoms with Crippen LogP contribution in [-0.2, 0) is 11.2 Å².